The van der Waals surface area contributed by atoms with Gasteiger partial charge in [0.2, 0.25) is 5.91 Å². The summed E-state index contributed by atoms with van der Waals surface area (Å²) in [7, 11) is 1.99. The van der Waals surface area contributed by atoms with Crippen molar-refractivity contribution in [3.05, 3.63) is 64.4 Å². The number of nitrogens with zero attached hydrogens (tertiary/aromatic N) is 2. The second kappa shape index (κ2) is 7.05. The lowest BCUT2D eigenvalue weighted by Gasteiger charge is -2.06. The minimum absolute atomic E-state index is 0.0176. The number of nitrogens with one attached hydrogen (secondary N) is 1. The quantitative estimate of drug-likeness (QED) is 0.772. The first kappa shape index (κ1) is 16.5. The second-order valence-electron chi connectivity index (χ2n) is 5.95. The maximum atomic E-state index is 12.1. The summed E-state index contributed by atoms with van der Waals surface area (Å²) in [5.41, 5.74) is 4.10. The van der Waals surface area contributed by atoms with Crippen molar-refractivity contribution in [1.82, 2.24) is 14.9 Å². The molecule has 0 fully saturated rings. The molecule has 0 saturated carbocycles. The highest BCUT2D eigenvalue weighted by molar-refractivity contribution is 6.30. The number of fused-ring (bicyclic) bond motifs is 1. The van der Waals surface area contributed by atoms with Crippen LogP contribution in [0.25, 0.3) is 11.0 Å². The van der Waals surface area contributed by atoms with Crippen molar-refractivity contribution in [2.75, 3.05) is 6.54 Å². The van der Waals surface area contributed by atoms with E-state index in [2.05, 4.69) is 10.3 Å². The Morgan fingerprint density at radius 1 is 1.21 bits per heavy atom. The van der Waals surface area contributed by atoms with Gasteiger partial charge in [-0.2, -0.15) is 0 Å². The van der Waals surface area contributed by atoms with Gasteiger partial charge in [0.15, 0.2) is 0 Å². The van der Waals surface area contributed by atoms with E-state index in [9.17, 15) is 4.79 Å². The zero-order chi connectivity index (χ0) is 17.1. The average Bonchev–Trinajstić information content (AvgIpc) is 2.81. The van der Waals surface area contributed by atoms with Gasteiger partial charge in [-0.15, -0.1) is 0 Å². The first-order valence-corrected chi connectivity index (χ1v) is 8.34. The fraction of sp³-hybridized carbons (Fsp3) is 0.263. The molecule has 0 bridgehead atoms. The van der Waals surface area contributed by atoms with Crippen molar-refractivity contribution in [2.45, 2.75) is 19.8 Å². The molecule has 0 radical (unpaired) electrons. The first-order valence-electron chi connectivity index (χ1n) is 7.96. The van der Waals surface area contributed by atoms with Crippen molar-refractivity contribution < 1.29 is 4.79 Å². The van der Waals surface area contributed by atoms with Gasteiger partial charge in [0.1, 0.15) is 5.82 Å². The van der Waals surface area contributed by atoms with Crippen LogP contribution >= 0.6 is 11.6 Å². The Morgan fingerprint density at radius 3 is 2.83 bits per heavy atom. The van der Waals surface area contributed by atoms with Crippen molar-refractivity contribution in [2.24, 2.45) is 7.05 Å². The minimum atomic E-state index is 0.0176. The normalized spacial score (nSPS) is 11.0. The van der Waals surface area contributed by atoms with Crippen molar-refractivity contribution in [3.63, 3.8) is 0 Å². The molecule has 3 aromatic rings. The van der Waals surface area contributed by atoms with E-state index in [4.69, 9.17) is 11.6 Å². The summed E-state index contributed by atoms with van der Waals surface area (Å²) in [6.07, 6.45) is 1.13. The Labute approximate surface area is 146 Å². The van der Waals surface area contributed by atoms with Crippen molar-refractivity contribution >= 4 is 28.5 Å². The Hall–Kier alpha value is -2.33. The number of hydrogen-bond donors (Lipinski definition) is 1. The fourth-order valence-electron chi connectivity index (χ4n) is 2.76. The summed E-state index contributed by atoms with van der Waals surface area (Å²) in [5, 5.41) is 3.68. The Bertz CT molecular complexity index is 885. The SMILES string of the molecule is Cc1nc2cc(CC(=O)NCCc3cccc(Cl)c3)ccc2n1C. The highest BCUT2D eigenvalue weighted by Gasteiger charge is 2.08. The summed E-state index contributed by atoms with van der Waals surface area (Å²) < 4.78 is 2.05. The highest BCUT2D eigenvalue weighted by atomic mass is 35.5. The molecule has 3 rings (SSSR count). The maximum Gasteiger partial charge on any atom is 0.224 e. The van der Waals surface area contributed by atoms with E-state index in [0.717, 1.165) is 39.4 Å². The number of amides is 1. The zero-order valence-corrected chi connectivity index (χ0v) is 14.6. The van der Waals surface area contributed by atoms with Crippen LogP contribution in [0.15, 0.2) is 42.5 Å². The maximum absolute atomic E-state index is 12.1. The second-order valence-corrected chi connectivity index (χ2v) is 6.38. The summed E-state index contributed by atoms with van der Waals surface area (Å²) in [6, 6.07) is 13.7. The summed E-state index contributed by atoms with van der Waals surface area (Å²) in [5.74, 6) is 0.983. The monoisotopic (exact) mass is 341 g/mol. The molecule has 0 aliphatic carbocycles. The largest absolute Gasteiger partial charge is 0.355 e. The molecule has 4 nitrogen and oxygen atoms in total. The molecule has 0 aliphatic rings. The van der Waals surface area contributed by atoms with Gasteiger partial charge in [-0.25, -0.2) is 4.98 Å². The van der Waals surface area contributed by atoms with Gasteiger partial charge in [-0.3, -0.25) is 4.79 Å². The molecule has 124 valence electrons. The number of aryl methyl sites for hydroxylation is 2. The van der Waals surface area contributed by atoms with E-state index < -0.39 is 0 Å². The molecule has 0 spiro atoms. The summed E-state index contributed by atoms with van der Waals surface area (Å²) in [4.78, 5) is 16.6. The average molecular weight is 342 g/mol. The van der Waals surface area contributed by atoms with Crippen LogP contribution in [0.5, 0.6) is 0 Å². The molecular weight excluding hydrogens is 322 g/mol. The van der Waals surface area contributed by atoms with Gasteiger partial charge in [0.05, 0.1) is 17.5 Å². The van der Waals surface area contributed by atoms with E-state index in [1.165, 1.54) is 0 Å². The number of hydrogen-bond acceptors (Lipinski definition) is 2. The van der Waals surface area contributed by atoms with Crippen molar-refractivity contribution in [1.29, 1.82) is 0 Å². The molecule has 1 aromatic heterocycles. The predicted molar refractivity (Wildman–Crippen MR) is 97.3 cm³/mol. The topological polar surface area (TPSA) is 46.9 Å². The van der Waals surface area contributed by atoms with E-state index in [0.29, 0.717) is 13.0 Å². The third-order valence-corrected chi connectivity index (χ3v) is 4.39. The van der Waals surface area contributed by atoms with Gasteiger partial charge in [0, 0.05) is 18.6 Å². The number of imidazole rings is 1. The third-order valence-electron chi connectivity index (χ3n) is 4.16. The lowest BCUT2D eigenvalue weighted by molar-refractivity contribution is -0.120. The summed E-state index contributed by atoms with van der Waals surface area (Å²) >= 11 is 5.96. The number of aromatic nitrogens is 2. The number of carbonyl (C=O) groups is 1. The van der Waals surface area contributed by atoms with Crippen LogP contribution in [-0.2, 0) is 24.7 Å². The lowest BCUT2D eigenvalue weighted by atomic mass is 10.1. The van der Waals surface area contributed by atoms with Gasteiger partial charge >= 0.3 is 0 Å². The van der Waals surface area contributed by atoms with Gasteiger partial charge in [-0.1, -0.05) is 29.8 Å². The van der Waals surface area contributed by atoms with Crippen LogP contribution < -0.4 is 5.32 Å². The van der Waals surface area contributed by atoms with Crippen LogP contribution in [0.4, 0.5) is 0 Å². The lowest BCUT2D eigenvalue weighted by Crippen LogP contribution is -2.27. The molecule has 24 heavy (non-hydrogen) atoms. The van der Waals surface area contributed by atoms with Crippen LogP contribution in [0, 0.1) is 6.92 Å². The number of carbonyl (C=O) groups excluding carboxylic acids is 1. The molecule has 0 saturated heterocycles. The van der Waals surface area contributed by atoms with Gasteiger partial charge in [0.25, 0.3) is 0 Å². The summed E-state index contributed by atoms with van der Waals surface area (Å²) in [6.45, 7) is 2.58. The zero-order valence-electron chi connectivity index (χ0n) is 13.8. The van der Waals surface area contributed by atoms with E-state index >= 15 is 0 Å². The van der Waals surface area contributed by atoms with E-state index in [1.54, 1.807) is 0 Å². The molecule has 2 aromatic carbocycles. The fourth-order valence-corrected chi connectivity index (χ4v) is 2.98. The Balaban J connectivity index is 1.56. The predicted octanol–water partition coefficient (Wildman–Crippen LogP) is 3.44. The van der Waals surface area contributed by atoms with E-state index in [-0.39, 0.29) is 5.91 Å². The van der Waals surface area contributed by atoms with Crippen LogP contribution in [-0.4, -0.2) is 22.0 Å². The van der Waals surface area contributed by atoms with Crippen LogP contribution in [0.1, 0.15) is 17.0 Å². The first-order chi connectivity index (χ1) is 11.5. The van der Waals surface area contributed by atoms with Crippen LogP contribution in [0.3, 0.4) is 0 Å². The van der Waals surface area contributed by atoms with Crippen molar-refractivity contribution in [3.8, 4) is 0 Å². The molecule has 0 unspecified atom stereocenters. The number of benzene rings is 2. The van der Waals surface area contributed by atoms with Gasteiger partial charge in [-0.05, 0) is 48.7 Å². The van der Waals surface area contributed by atoms with E-state index in [1.807, 2.05) is 61.0 Å². The third kappa shape index (κ3) is 3.77. The standard InChI is InChI=1S/C19H20ClN3O/c1-13-22-17-11-15(6-7-18(17)23(13)2)12-19(24)21-9-8-14-4-3-5-16(20)10-14/h3-7,10-11H,8-9,12H2,1-2H3,(H,21,24). The molecule has 1 N–H and O–H groups in total. The Morgan fingerprint density at radius 2 is 2.04 bits per heavy atom. The highest BCUT2D eigenvalue weighted by Crippen LogP contribution is 2.16. The van der Waals surface area contributed by atoms with Gasteiger partial charge < -0.3 is 9.88 Å². The molecule has 0 aliphatic heterocycles. The smallest absolute Gasteiger partial charge is 0.224 e. The van der Waals surface area contributed by atoms with Crippen LogP contribution in [0.2, 0.25) is 5.02 Å². The molecular formula is C19H20ClN3O. The molecule has 0 atom stereocenters. The minimum Gasteiger partial charge on any atom is -0.355 e. The molecule has 5 heteroatoms. The number of halogens is 1. The molecule has 1 heterocycles. The number of rotatable bonds is 5. The Kier molecular flexibility index (Phi) is 4.86. The molecule has 1 amide bonds.